The minimum absolute atomic E-state index is 0.0428. The van der Waals surface area contributed by atoms with Crippen LogP contribution in [0.2, 0.25) is 0 Å². The molecule has 1 aromatic carbocycles. The highest BCUT2D eigenvalue weighted by Crippen LogP contribution is 2.34. The molecule has 1 rings (SSSR count). The van der Waals surface area contributed by atoms with E-state index in [1.54, 1.807) is 6.07 Å². The van der Waals surface area contributed by atoms with E-state index in [0.717, 1.165) is 0 Å². The van der Waals surface area contributed by atoms with Gasteiger partial charge in [0.2, 0.25) is 5.91 Å². The van der Waals surface area contributed by atoms with E-state index in [0.29, 0.717) is 4.47 Å². The van der Waals surface area contributed by atoms with Crippen LogP contribution < -0.4 is 16.4 Å². The van der Waals surface area contributed by atoms with Gasteiger partial charge in [-0.25, -0.2) is 0 Å². The molecular weight excluding hydrogens is 375 g/mol. The van der Waals surface area contributed by atoms with Gasteiger partial charge < -0.3 is 11.1 Å². The van der Waals surface area contributed by atoms with Crippen LogP contribution in [0.25, 0.3) is 0 Å². The normalized spacial score (nSPS) is 14.6. The van der Waals surface area contributed by atoms with Crippen molar-refractivity contribution in [2.75, 3.05) is 6.67 Å². The molecule has 0 aliphatic rings. The van der Waals surface area contributed by atoms with Gasteiger partial charge >= 0.3 is 6.18 Å². The average molecular weight is 396 g/mol. The Hall–Kier alpha value is -1.12. The summed E-state index contributed by atoms with van der Waals surface area (Å²) in [4.78, 5) is 12.0. The molecule has 0 spiro atoms. The zero-order valence-electron chi connectivity index (χ0n) is 13.0. The molecule has 0 unspecified atom stereocenters. The fraction of sp³-hybridized carbons (Fsp3) is 0.533. The van der Waals surface area contributed by atoms with Crippen molar-refractivity contribution in [1.29, 1.82) is 0 Å². The number of rotatable bonds is 7. The van der Waals surface area contributed by atoms with Gasteiger partial charge in [-0.2, -0.15) is 13.2 Å². The predicted molar refractivity (Wildman–Crippen MR) is 86.5 cm³/mol. The summed E-state index contributed by atoms with van der Waals surface area (Å²) in [6.45, 7) is 3.56. The molecular formula is C15H21BrF3N3O. The molecule has 0 aromatic heterocycles. The molecule has 0 saturated carbocycles. The Kier molecular flexibility index (Phi) is 7.50. The topological polar surface area (TPSA) is 67.2 Å². The summed E-state index contributed by atoms with van der Waals surface area (Å²) in [7, 11) is 0. The van der Waals surface area contributed by atoms with Crippen LogP contribution in [0.1, 0.15) is 31.9 Å². The van der Waals surface area contributed by atoms with Gasteiger partial charge in [0, 0.05) is 4.47 Å². The first-order valence-electron chi connectivity index (χ1n) is 7.21. The van der Waals surface area contributed by atoms with Crippen molar-refractivity contribution in [2.24, 2.45) is 11.7 Å². The lowest BCUT2D eigenvalue weighted by molar-refractivity contribution is -0.161. The Bertz CT molecular complexity index is 523. The quantitative estimate of drug-likeness (QED) is 0.621. The average Bonchev–Trinajstić information content (AvgIpc) is 2.41. The third-order valence-electron chi connectivity index (χ3n) is 3.18. The van der Waals surface area contributed by atoms with E-state index >= 15 is 0 Å². The van der Waals surface area contributed by atoms with Crippen molar-refractivity contribution in [3.05, 3.63) is 34.3 Å². The predicted octanol–water partition coefficient (Wildman–Crippen LogP) is 3.09. The molecule has 23 heavy (non-hydrogen) atoms. The van der Waals surface area contributed by atoms with Crippen LogP contribution >= 0.6 is 15.9 Å². The highest BCUT2D eigenvalue weighted by Gasteiger charge is 2.42. The van der Waals surface area contributed by atoms with Gasteiger partial charge in [-0.05, 0) is 30.0 Å². The van der Waals surface area contributed by atoms with Gasteiger partial charge in [-0.15, -0.1) is 0 Å². The molecule has 1 aromatic rings. The maximum Gasteiger partial charge on any atom is 0.407 e. The van der Waals surface area contributed by atoms with Crippen molar-refractivity contribution in [3.63, 3.8) is 0 Å². The van der Waals surface area contributed by atoms with E-state index in [1.807, 2.05) is 13.8 Å². The summed E-state index contributed by atoms with van der Waals surface area (Å²) in [6.07, 6.45) is -4.26. The molecule has 4 nitrogen and oxygen atoms in total. The number of benzene rings is 1. The maximum atomic E-state index is 13.5. The van der Waals surface area contributed by atoms with Crippen molar-refractivity contribution < 1.29 is 18.0 Å². The SMILES string of the molecule is CC(C)C[C@H](N[C@@H](c1cccc(Br)c1)C(F)(F)F)C(=O)NCN. The lowest BCUT2D eigenvalue weighted by Gasteiger charge is -2.28. The van der Waals surface area contributed by atoms with Crippen LogP contribution in [0.4, 0.5) is 13.2 Å². The minimum atomic E-state index is -4.53. The fourth-order valence-electron chi connectivity index (χ4n) is 2.21. The molecule has 0 heterocycles. The molecule has 0 bridgehead atoms. The van der Waals surface area contributed by atoms with Gasteiger partial charge in [-0.3, -0.25) is 10.1 Å². The maximum absolute atomic E-state index is 13.5. The van der Waals surface area contributed by atoms with Crippen molar-refractivity contribution >= 4 is 21.8 Å². The van der Waals surface area contributed by atoms with E-state index < -0.39 is 24.2 Å². The van der Waals surface area contributed by atoms with E-state index in [2.05, 4.69) is 26.6 Å². The van der Waals surface area contributed by atoms with Gasteiger partial charge in [-0.1, -0.05) is 41.9 Å². The molecule has 1 amide bonds. The van der Waals surface area contributed by atoms with E-state index in [4.69, 9.17) is 5.73 Å². The van der Waals surface area contributed by atoms with E-state index in [1.165, 1.54) is 18.2 Å². The molecule has 8 heteroatoms. The van der Waals surface area contributed by atoms with Crippen LogP contribution in [-0.4, -0.2) is 24.8 Å². The van der Waals surface area contributed by atoms with Crippen LogP contribution in [0.5, 0.6) is 0 Å². The first-order valence-corrected chi connectivity index (χ1v) is 8.00. The lowest BCUT2D eigenvalue weighted by atomic mass is 9.99. The van der Waals surface area contributed by atoms with Gasteiger partial charge in [0.05, 0.1) is 12.7 Å². The first-order chi connectivity index (χ1) is 10.6. The molecule has 0 fully saturated rings. The zero-order valence-corrected chi connectivity index (χ0v) is 14.5. The molecule has 0 radical (unpaired) electrons. The number of nitrogens with one attached hydrogen (secondary N) is 2. The Morgan fingerprint density at radius 1 is 1.35 bits per heavy atom. The van der Waals surface area contributed by atoms with Gasteiger partial charge in [0.15, 0.2) is 0 Å². The third kappa shape index (κ3) is 6.48. The monoisotopic (exact) mass is 395 g/mol. The number of nitrogens with two attached hydrogens (primary N) is 1. The van der Waals surface area contributed by atoms with E-state index in [-0.39, 0.29) is 24.6 Å². The molecule has 4 N–H and O–H groups in total. The number of amides is 1. The summed E-state index contributed by atoms with van der Waals surface area (Å²) in [6, 6.07) is 3.01. The van der Waals surface area contributed by atoms with Gasteiger partial charge in [0.1, 0.15) is 6.04 Å². The van der Waals surface area contributed by atoms with Gasteiger partial charge in [0.25, 0.3) is 0 Å². The summed E-state index contributed by atoms with van der Waals surface area (Å²) in [5, 5.41) is 4.81. The molecule has 0 saturated heterocycles. The Balaban J connectivity index is 3.08. The highest BCUT2D eigenvalue weighted by molar-refractivity contribution is 9.10. The molecule has 0 aliphatic heterocycles. The zero-order chi connectivity index (χ0) is 17.6. The van der Waals surface area contributed by atoms with Crippen LogP contribution in [0, 0.1) is 5.92 Å². The Morgan fingerprint density at radius 3 is 2.48 bits per heavy atom. The molecule has 0 aliphatic carbocycles. The lowest BCUT2D eigenvalue weighted by Crippen LogP contribution is -2.50. The second kappa shape index (κ2) is 8.65. The molecule has 130 valence electrons. The Morgan fingerprint density at radius 2 is 2.00 bits per heavy atom. The molecule has 2 atom stereocenters. The largest absolute Gasteiger partial charge is 0.407 e. The fourth-order valence-corrected chi connectivity index (χ4v) is 2.63. The second-order valence-electron chi connectivity index (χ2n) is 5.62. The van der Waals surface area contributed by atoms with Crippen molar-refractivity contribution in [3.8, 4) is 0 Å². The smallest absolute Gasteiger partial charge is 0.342 e. The van der Waals surface area contributed by atoms with Crippen molar-refractivity contribution in [2.45, 2.75) is 38.5 Å². The summed E-state index contributed by atoms with van der Waals surface area (Å²) < 4.78 is 40.9. The Labute approximate surface area is 142 Å². The number of carbonyl (C=O) groups excluding carboxylic acids is 1. The van der Waals surface area contributed by atoms with Crippen LogP contribution in [0.15, 0.2) is 28.7 Å². The highest BCUT2D eigenvalue weighted by atomic mass is 79.9. The minimum Gasteiger partial charge on any atom is -0.342 e. The second-order valence-corrected chi connectivity index (χ2v) is 6.54. The number of alkyl halides is 3. The number of halogens is 4. The summed E-state index contributed by atoms with van der Waals surface area (Å²) in [5.74, 6) is -0.488. The number of hydrogen-bond donors (Lipinski definition) is 3. The van der Waals surface area contributed by atoms with Crippen LogP contribution in [-0.2, 0) is 4.79 Å². The van der Waals surface area contributed by atoms with Crippen LogP contribution in [0.3, 0.4) is 0 Å². The summed E-state index contributed by atoms with van der Waals surface area (Å²) in [5.41, 5.74) is 5.30. The first kappa shape index (κ1) is 19.9. The number of hydrogen-bond acceptors (Lipinski definition) is 3. The standard InChI is InChI=1S/C15H21BrF3N3O/c1-9(2)6-12(14(23)21-8-20)22-13(15(17,18)19)10-4-3-5-11(16)7-10/h3-5,7,9,12-13,22H,6,8,20H2,1-2H3,(H,21,23)/t12-,13-/m0/s1. The van der Waals surface area contributed by atoms with Crippen molar-refractivity contribution in [1.82, 2.24) is 10.6 Å². The van der Waals surface area contributed by atoms with E-state index in [9.17, 15) is 18.0 Å². The third-order valence-corrected chi connectivity index (χ3v) is 3.67. The summed E-state index contributed by atoms with van der Waals surface area (Å²) >= 11 is 3.17. The number of carbonyl (C=O) groups is 1.